The first-order valence-corrected chi connectivity index (χ1v) is 7.09. The number of hydrogen-bond donors (Lipinski definition) is 1. The first-order chi connectivity index (χ1) is 10.3. The van der Waals surface area contributed by atoms with Crippen molar-refractivity contribution in [3.63, 3.8) is 0 Å². The van der Waals surface area contributed by atoms with Gasteiger partial charge in [-0.2, -0.15) is 5.10 Å². The lowest BCUT2D eigenvalue weighted by atomic mass is 10.2. The van der Waals surface area contributed by atoms with E-state index in [0.717, 1.165) is 35.6 Å². The molecular formula is C15H17N5O. The van der Waals surface area contributed by atoms with Crippen LogP contribution in [0.3, 0.4) is 0 Å². The fraction of sp³-hybridized carbons (Fsp3) is 0.333. The number of morpholine rings is 1. The number of aromatic amines is 1. The van der Waals surface area contributed by atoms with Crippen LogP contribution in [0.2, 0.25) is 0 Å². The fourth-order valence-electron chi connectivity index (χ4n) is 2.74. The molecule has 4 rings (SSSR count). The zero-order valence-electron chi connectivity index (χ0n) is 11.9. The van der Waals surface area contributed by atoms with Gasteiger partial charge in [0.25, 0.3) is 0 Å². The van der Waals surface area contributed by atoms with Crippen molar-refractivity contribution < 1.29 is 4.74 Å². The van der Waals surface area contributed by atoms with Crippen molar-refractivity contribution in [1.82, 2.24) is 19.7 Å². The van der Waals surface area contributed by atoms with Crippen LogP contribution in [0.25, 0.3) is 11.0 Å². The lowest BCUT2D eigenvalue weighted by Gasteiger charge is -2.32. The van der Waals surface area contributed by atoms with Gasteiger partial charge in [0, 0.05) is 25.4 Å². The molecule has 0 saturated carbocycles. The molecule has 1 saturated heterocycles. The summed E-state index contributed by atoms with van der Waals surface area (Å²) in [6.45, 7) is 2.32. The molecule has 1 unspecified atom stereocenters. The Morgan fingerprint density at radius 1 is 1.33 bits per heavy atom. The van der Waals surface area contributed by atoms with Gasteiger partial charge in [0.1, 0.15) is 6.10 Å². The fourth-order valence-corrected chi connectivity index (χ4v) is 2.74. The minimum absolute atomic E-state index is 0.0423. The Morgan fingerprint density at radius 3 is 3.05 bits per heavy atom. The van der Waals surface area contributed by atoms with Crippen LogP contribution in [0.15, 0.2) is 36.7 Å². The molecular weight excluding hydrogens is 266 g/mol. The number of nitrogens with zero attached hydrogens (tertiary/aromatic N) is 4. The Hall–Kier alpha value is -2.34. The second-order valence-corrected chi connectivity index (χ2v) is 5.33. The van der Waals surface area contributed by atoms with E-state index in [1.54, 1.807) is 4.68 Å². The topological polar surface area (TPSA) is 59.0 Å². The average molecular weight is 283 g/mol. The van der Waals surface area contributed by atoms with E-state index in [0.29, 0.717) is 6.61 Å². The summed E-state index contributed by atoms with van der Waals surface area (Å²) in [6, 6.07) is 8.09. The standard InChI is InChI=1S/C15H17N5O/c1-19-9-11(8-16-19)14-10-20(6-7-21-14)15-17-12-4-2-3-5-13(12)18-15/h2-5,8-9,14H,6-7,10H2,1H3,(H,17,18). The van der Waals surface area contributed by atoms with E-state index < -0.39 is 0 Å². The SMILES string of the molecule is Cn1cc(C2CN(c3nc4ccccc4[nH]3)CCO2)cn1. The summed E-state index contributed by atoms with van der Waals surface area (Å²) in [7, 11) is 1.92. The molecule has 0 amide bonds. The number of anilines is 1. The number of aromatic nitrogens is 4. The van der Waals surface area contributed by atoms with Gasteiger partial charge in [-0.15, -0.1) is 0 Å². The third kappa shape index (κ3) is 2.27. The lowest BCUT2D eigenvalue weighted by Crippen LogP contribution is -2.38. The van der Waals surface area contributed by atoms with Crippen LogP contribution in [0.4, 0.5) is 5.95 Å². The molecule has 1 fully saturated rings. The van der Waals surface area contributed by atoms with Crippen molar-refractivity contribution in [1.29, 1.82) is 0 Å². The van der Waals surface area contributed by atoms with Crippen molar-refractivity contribution in [2.75, 3.05) is 24.6 Å². The number of aryl methyl sites for hydroxylation is 1. The van der Waals surface area contributed by atoms with Gasteiger partial charge < -0.3 is 14.6 Å². The Labute approximate surface area is 122 Å². The summed E-state index contributed by atoms with van der Waals surface area (Å²) >= 11 is 0. The Balaban J connectivity index is 1.60. The van der Waals surface area contributed by atoms with E-state index in [2.05, 4.69) is 20.0 Å². The monoisotopic (exact) mass is 283 g/mol. The van der Waals surface area contributed by atoms with Crippen molar-refractivity contribution >= 4 is 17.0 Å². The van der Waals surface area contributed by atoms with E-state index >= 15 is 0 Å². The van der Waals surface area contributed by atoms with E-state index in [1.165, 1.54) is 0 Å². The van der Waals surface area contributed by atoms with Gasteiger partial charge in [-0.25, -0.2) is 4.98 Å². The number of hydrogen-bond acceptors (Lipinski definition) is 4. The van der Waals surface area contributed by atoms with Gasteiger partial charge in [-0.1, -0.05) is 12.1 Å². The highest BCUT2D eigenvalue weighted by Gasteiger charge is 2.24. The number of imidazole rings is 1. The predicted octanol–water partition coefficient (Wildman–Crippen LogP) is 1.87. The summed E-state index contributed by atoms with van der Waals surface area (Å²) in [5.41, 5.74) is 3.17. The van der Waals surface area contributed by atoms with Crippen molar-refractivity contribution in [3.8, 4) is 0 Å². The lowest BCUT2D eigenvalue weighted by molar-refractivity contribution is 0.0392. The molecule has 21 heavy (non-hydrogen) atoms. The van der Waals surface area contributed by atoms with Gasteiger partial charge in [0.15, 0.2) is 0 Å². The molecule has 1 atom stereocenters. The second-order valence-electron chi connectivity index (χ2n) is 5.33. The van der Waals surface area contributed by atoms with Crippen LogP contribution in [0.5, 0.6) is 0 Å². The molecule has 1 aromatic carbocycles. The number of ether oxygens (including phenoxy) is 1. The van der Waals surface area contributed by atoms with Crippen molar-refractivity contribution in [2.45, 2.75) is 6.10 Å². The third-order valence-corrected chi connectivity index (χ3v) is 3.84. The number of benzene rings is 1. The van der Waals surface area contributed by atoms with Gasteiger partial charge >= 0.3 is 0 Å². The number of nitrogens with one attached hydrogen (secondary N) is 1. The van der Waals surface area contributed by atoms with Crippen LogP contribution >= 0.6 is 0 Å². The van der Waals surface area contributed by atoms with Gasteiger partial charge in [-0.05, 0) is 12.1 Å². The first kappa shape index (κ1) is 12.4. The summed E-state index contributed by atoms with van der Waals surface area (Å²) < 4.78 is 7.67. The Bertz CT molecular complexity index is 729. The highest BCUT2D eigenvalue weighted by Crippen LogP contribution is 2.25. The van der Waals surface area contributed by atoms with Crippen molar-refractivity contribution in [2.24, 2.45) is 7.05 Å². The molecule has 0 spiro atoms. The Kier molecular flexibility index (Phi) is 2.89. The number of H-pyrrole nitrogens is 1. The number of fused-ring (bicyclic) bond motifs is 1. The largest absolute Gasteiger partial charge is 0.370 e. The smallest absolute Gasteiger partial charge is 0.204 e. The highest BCUT2D eigenvalue weighted by molar-refractivity contribution is 5.77. The van der Waals surface area contributed by atoms with E-state index in [4.69, 9.17) is 4.74 Å². The molecule has 3 aromatic rings. The minimum atomic E-state index is 0.0423. The van der Waals surface area contributed by atoms with E-state index in [1.807, 2.05) is 43.7 Å². The summed E-state index contributed by atoms with van der Waals surface area (Å²) in [4.78, 5) is 10.3. The number of rotatable bonds is 2. The van der Waals surface area contributed by atoms with Gasteiger partial charge in [0.05, 0.1) is 30.4 Å². The summed E-state index contributed by atoms with van der Waals surface area (Å²) in [6.07, 6.45) is 3.92. The van der Waals surface area contributed by atoms with Gasteiger partial charge in [-0.3, -0.25) is 4.68 Å². The van der Waals surface area contributed by atoms with Crippen LogP contribution in [0, 0.1) is 0 Å². The molecule has 0 radical (unpaired) electrons. The summed E-state index contributed by atoms with van der Waals surface area (Å²) in [5.74, 6) is 0.911. The Morgan fingerprint density at radius 2 is 2.24 bits per heavy atom. The zero-order valence-corrected chi connectivity index (χ0v) is 11.9. The van der Waals surface area contributed by atoms with E-state index in [9.17, 15) is 0 Å². The average Bonchev–Trinajstić information content (AvgIpc) is 3.13. The zero-order chi connectivity index (χ0) is 14.2. The maximum Gasteiger partial charge on any atom is 0.204 e. The molecule has 1 aliphatic heterocycles. The molecule has 1 aliphatic rings. The maximum atomic E-state index is 5.87. The molecule has 3 heterocycles. The molecule has 1 N–H and O–H groups in total. The minimum Gasteiger partial charge on any atom is -0.370 e. The van der Waals surface area contributed by atoms with Crippen molar-refractivity contribution in [3.05, 3.63) is 42.2 Å². The number of para-hydroxylation sites is 2. The van der Waals surface area contributed by atoms with Crippen LogP contribution < -0.4 is 4.90 Å². The maximum absolute atomic E-state index is 5.87. The first-order valence-electron chi connectivity index (χ1n) is 7.09. The second kappa shape index (κ2) is 4.89. The third-order valence-electron chi connectivity index (χ3n) is 3.84. The van der Waals surface area contributed by atoms with Crippen LogP contribution in [0.1, 0.15) is 11.7 Å². The molecule has 6 nitrogen and oxygen atoms in total. The van der Waals surface area contributed by atoms with Crippen LogP contribution in [-0.2, 0) is 11.8 Å². The normalized spacial score (nSPS) is 19.3. The van der Waals surface area contributed by atoms with Crippen LogP contribution in [-0.4, -0.2) is 39.4 Å². The highest BCUT2D eigenvalue weighted by atomic mass is 16.5. The molecule has 0 aliphatic carbocycles. The molecule has 0 bridgehead atoms. The molecule has 6 heteroatoms. The van der Waals surface area contributed by atoms with Gasteiger partial charge in [0.2, 0.25) is 5.95 Å². The quantitative estimate of drug-likeness (QED) is 0.780. The van der Waals surface area contributed by atoms with E-state index in [-0.39, 0.29) is 6.10 Å². The molecule has 108 valence electrons. The summed E-state index contributed by atoms with van der Waals surface area (Å²) in [5, 5.41) is 4.22. The molecule has 2 aromatic heterocycles. The predicted molar refractivity (Wildman–Crippen MR) is 80.2 cm³/mol.